The van der Waals surface area contributed by atoms with Gasteiger partial charge >= 0.3 is 0 Å². The maximum atomic E-state index is 11.5. The molecule has 0 aromatic heterocycles. The summed E-state index contributed by atoms with van der Waals surface area (Å²) < 4.78 is 56.0. The van der Waals surface area contributed by atoms with Crippen LogP contribution in [-0.4, -0.2) is 72.8 Å². The number of halogens is 1. The SMILES string of the molecule is CS(=O)(=O)Nc1ccc(NS(C)(=O)=O)c(SCCN2CCOCC2)c1.Cl. The van der Waals surface area contributed by atoms with E-state index in [1.807, 2.05) is 0 Å². The molecule has 1 aliphatic rings. The Kier molecular flexibility index (Phi) is 8.97. The number of benzene rings is 1. The number of hydrogen-bond donors (Lipinski definition) is 2. The second-order valence-electron chi connectivity index (χ2n) is 5.76. The van der Waals surface area contributed by atoms with Crippen molar-refractivity contribution in [2.45, 2.75) is 4.90 Å². The molecule has 150 valence electrons. The van der Waals surface area contributed by atoms with Gasteiger partial charge in [-0.3, -0.25) is 14.3 Å². The summed E-state index contributed by atoms with van der Waals surface area (Å²) in [5, 5.41) is 0. The summed E-state index contributed by atoms with van der Waals surface area (Å²) in [5.41, 5.74) is 0.837. The minimum atomic E-state index is -3.42. The fraction of sp³-hybridized carbons (Fsp3) is 0.571. The molecule has 2 N–H and O–H groups in total. The molecule has 1 aromatic carbocycles. The van der Waals surface area contributed by atoms with Crippen molar-refractivity contribution in [3.8, 4) is 0 Å². The zero-order valence-corrected chi connectivity index (χ0v) is 17.9. The molecule has 1 fully saturated rings. The lowest BCUT2D eigenvalue weighted by Gasteiger charge is -2.26. The third-order valence-corrected chi connectivity index (χ3v) is 5.58. The van der Waals surface area contributed by atoms with E-state index in [2.05, 4.69) is 14.3 Å². The van der Waals surface area contributed by atoms with Crippen LogP contribution < -0.4 is 9.44 Å². The summed E-state index contributed by atoms with van der Waals surface area (Å²) in [4.78, 5) is 2.95. The Morgan fingerprint density at radius 3 is 2.27 bits per heavy atom. The van der Waals surface area contributed by atoms with Crippen LogP contribution in [0.1, 0.15) is 0 Å². The molecule has 1 heterocycles. The van der Waals surface area contributed by atoms with Gasteiger partial charge in [0.05, 0.1) is 31.4 Å². The van der Waals surface area contributed by atoms with Gasteiger partial charge < -0.3 is 4.74 Å². The van der Waals surface area contributed by atoms with Gasteiger partial charge in [-0.1, -0.05) is 0 Å². The quantitative estimate of drug-likeness (QED) is 0.580. The highest BCUT2D eigenvalue weighted by Crippen LogP contribution is 2.31. The zero-order valence-electron chi connectivity index (χ0n) is 14.6. The third kappa shape index (κ3) is 8.78. The highest BCUT2D eigenvalue weighted by Gasteiger charge is 2.13. The topological polar surface area (TPSA) is 105 Å². The van der Waals surface area contributed by atoms with Crippen molar-refractivity contribution in [3.05, 3.63) is 18.2 Å². The normalized spacial score (nSPS) is 15.9. The summed E-state index contributed by atoms with van der Waals surface area (Å²) in [6.45, 7) is 4.05. The molecular formula is C14H24ClN3O5S3. The van der Waals surface area contributed by atoms with Crippen molar-refractivity contribution >= 4 is 55.6 Å². The average Bonchev–Trinajstić information content (AvgIpc) is 2.48. The predicted molar refractivity (Wildman–Crippen MR) is 109 cm³/mol. The first kappa shape index (κ1) is 23.3. The van der Waals surface area contributed by atoms with Crippen molar-refractivity contribution in [2.24, 2.45) is 0 Å². The number of thioether (sulfide) groups is 1. The highest BCUT2D eigenvalue weighted by atomic mass is 35.5. The smallest absolute Gasteiger partial charge is 0.229 e. The lowest BCUT2D eigenvalue weighted by molar-refractivity contribution is 0.0410. The van der Waals surface area contributed by atoms with Crippen LogP contribution in [0.5, 0.6) is 0 Å². The van der Waals surface area contributed by atoms with Crippen LogP contribution in [0.3, 0.4) is 0 Å². The van der Waals surface area contributed by atoms with Crippen molar-refractivity contribution in [2.75, 3.05) is 60.6 Å². The first-order valence-corrected chi connectivity index (χ1v) is 12.4. The van der Waals surface area contributed by atoms with E-state index in [4.69, 9.17) is 4.74 Å². The van der Waals surface area contributed by atoms with Crippen molar-refractivity contribution < 1.29 is 21.6 Å². The molecule has 0 radical (unpaired) electrons. The number of anilines is 2. The van der Waals surface area contributed by atoms with Gasteiger partial charge in [0.1, 0.15) is 0 Å². The first-order chi connectivity index (χ1) is 11.6. The standard InChI is InChI=1S/C14H23N3O5S3.ClH/c1-24(18,19)15-12-3-4-13(16-25(2,20)21)14(11-12)23-10-7-17-5-8-22-9-6-17;/h3-4,11,15-16H,5-10H2,1-2H3;1H. The van der Waals surface area contributed by atoms with Crippen molar-refractivity contribution in [3.63, 3.8) is 0 Å². The Bertz CT molecular complexity index is 796. The van der Waals surface area contributed by atoms with Crippen molar-refractivity contribution in [1.82, 2.24) is 4.90 Å². The van der Waals surface area contributed by atoms with E-state index in [0.717, 1.165) is 51.1 Å². The second kappa shape index (κ2) is 10.00. The lowest BCUT2D eigenvalue weighted by atomic mass is 10.3. The molecule has 26 heavy (non-hydrogen) atoms. The predicted octanol–water partition coefficient (Wildman–Crippen LogP) is 1.28. The average molecular weight is 446 g/mol. The van der Waals surface area contributed by atoms with Gasteiger partial charge in [0.25, 0.3) is 0 Å². The van der Waals surface area contributed by atoms with Crippen LogP contribution in [0.15, 0.2) is 23.1 Å². The molecule has 0 aliphatic carbocycles. The van der Waals surface area contributed by atoms with Crippen LogP contribution in [0.2, 0.25) is 0 Å². The van der Waals surface area contributed by atoms with Gasteiger partial charge in [-0.15, -0.1) is 24.2 Å². The molecule has 12 heteroatoms. The van der Waals surface area contributed by atoms with Crippen LogP contribution in [0.4, 0.5) is 11.4 Å². The molecule has 0 spiro atoms. The summed E-state index contributed by atoms with van der Waals surface area (Å²) in [6, 6.07) is 4.73. The second-order valence-corrected chi connectivity index (χ2v) is 10.4. The van der Waals surface area contributed by atoms with E-state index < -0.39 is 20.0 Å². The number of rotatable bonds is 8. The van der Waals surface area contributed by atoms with E-state index in [-0.39, 0.29) is 12.4 Å². The van der Waals surface area contributed by atoms with Gasteiger partial charge in [0.2, 0.25) is 20.0 Å². The number of morpholine rings is 1. The number of hydrogen-bond acceptors (Lipinski definition) is 7. The molecule has 0 unspecified atom stereocenters. The fourth-order valence-corrected chi connectivity index (χ4v) is 4.56. The van der Waals surface area contributed by atoms with Crippen LogP contribution >= 0.6 is 24.2 Å². The molecule has 0 saturated carbocycles. The molecule has 2 rings (SSSR count). The van der Waals surface area contributed by atoms with E-state index in [0.29, 0.717) is 16.3 Å². The largest absolute Gasteiger partial charge is 0.379 e. The highest BCUT2D eigenvalue weighted by molar-refractivity contribution is 7.99. The fourth-order valence-electron chi connectivity index (χ4n) is 2.31. The Morgan fingerprint density at radius 1 is 1.08 bits per heavy atom. The molecule has 1 aromatic rings. The van der Waals surface area contributed by atoms with Crippen LogP contribution in [0.25, 0.3) is 0 Å². The van der Waals surface area contributed by atoms with Crippen LogP contribution in [-0.2, 0) is 24.8 Å². The van der Waals surface area contributed by atoms with E-state index in [1.165, 1.54) is 17.8 Å². The Morgan fingerprint density at radius 2 is 1.69 bits per heavy atom. The maximum Gasteiger partial charge on any atom is 0.229 e. The maximum absolute atomic E-state index is 11.5. The number of nitrogens with zero attached hydrogens (tertiary/aromatic N) is 1. The summed E-state index contributed by atoms with van der Waals surface area (Å²) in [5.74, 6) is 0.751. The van der Waals surface area contributed by atoms with E-state index >= 15 is 0 Å². The van der Waals surface area contributed by atoms with Gasteiger partial charge in [-0.25, -0.2) is 16.8 Å². The Balaban J connectivity index is 0.00000338. The first-order valence-electron chi connectivity index (χ1n) is 7.65. The molecule has 0 amide bonds. The zero-order chi connectivity index (χ0) is 18.5. The molecule has 8 nitrogen and oxygen atoms in total. The molecular weight excluding hydrogens is 422 g/mol. The molecule has 1 saturated heterocycles. The van der Waals surface area contributed by atoms with Gasteiger partial charge in [0.15, 0.2) is 0 Å². The summed E-state index contributed by atoms with van der Waals surface area (Å²) in [6.07, 6.45) is 2.15. The van der Waals surface area contributed by atoms with Crippen LogP contribution in [0, 0.1) is 0 Å². The van der Waals surface area contributed by atoms with E-state index in [9.17, 15) is 16.8 Å². The van der Waals surface area contributed by atoms with Gasteiger partial charge in [0, 0.05) is 36.0 Å². The minimum absolute atomic E-state index is 0. The monoisotopic (exact) mass is 445 g/mol. The Hall–Kier alpha value is -0.720. The molecule has 0 atom stereocenters. The van der Waals surface area contributed by atoms with Crippen molar-refractivity contribution in [1.29, 1.82) is 0 Å². The summed E-state index contributed by atoms with van der Waals surface area (Å²) in [7, 11) is -6.82. The Labute approximate surface area is 165 Å². The number of nitrogens with one attached hydrogen (secondary N) is 2. The molecule has 0 bridgehead atoms. The van der Waals surface area contributed by atoms with Gasteiger partial charge in [-0.05, 0) is 18.2 Å². The number of sulfonamides is 2. The third-order valence-electron chi connectivity index (χ3n) is 3.35. The van der Waals surface area contributed by atoms with E-state index in [1.54, 1.807) is 12.1 Å². The molecule has 1 aliphatic heterocycles. The lowest BCUT2D eigenvalue weighted by Crippen LogP contribution is -2.37. The summed E-state index contributed by atoms with van der Waals surface area (Å²) >= 11 is 1.48. The van der Waals surface area contributed by atoms with Gasteiger partial charge in [-0.2, -0.15) is 0 Å². The minimum Gasteiger partial charge on any atom is -0.379 e. The number of ether oxygens (including phenoxy) is 1.